The largest absolute Gasteiger partial charge is 0.338 e. The Hall–Kier alpha value is -5.08. The van der Waals surface area contributed by atoms with Gasteiger partial charge in [-0.1, -0.05) is 109 Å². The van der Waals surface area contributed by atoms with Crippen molar-refractivity contribution in [1.29, 1.82) is 0 Å². The van der Waals surface area contributed by atoms with E-state index in [1.165, 1.54) is 67.3 Å². The van der Waals surface area contributed by atoms with Crippen molar-refractivity contribution in [2.24, 2.45) is 0 Å². The molecule has 6 aromatic carbocycles. The Balaban J connectivity index is 1.47. The van der Waals surface area contributed by atoms with E-state index in [-0.39, 0.29) is 0 Å². The van der Waals surface area contributed by atoms with Gasteiger partial charge in [0.2, 0.25) is 0 Å². The van der Waals surface area contributed by atoms with Crippen LogP contribution < -0.4 is 9.80 Å². The summed E-state index contributed by atoms with van der Waals surface area (Å²) in [5.41, 5.74) is 15.1. The number of nitrogens with zero attached hydrogens (tertiary/aromatic N) is 2. The molecule has 0 atom stereocenters. The molecule has 0 amide bonds. The second-order valence-electron chi connectivity index (χ2n) is 10.5. The molecular formula is C38H28N2. The van der Waals surface area contributed by atoms with Crippen LogP contribution in [0.25, 0.3) is 44.5 Å². The Kier molecular flexibility index (Phi) is 5.31. The maximum Gasteiger partial charge on any atom is 0.0659 e. The first-order chi connectivity index (χ1) is 19.9. The van der Waals surface area contributed by atoms with Gasteiger partial charge in [0.25, 0.3) is 0 Å². The van der Waals surface area contributed by atoms with Crippen LogP contribution in [0.1, 0.15) is 0 Å². The number of rotatable bonds is 2. The van der Waals surface area contributed by atoms with Crippen molar-refractivity contribution in [2.45, 2.75) is 0 Å². The van der Waals surface area contributed by atoms with Gasteiger partial charge in [-0.25, -0.2) is 0 Å². The quantitative estimate of drug-likeness (QED) is 0.227. The Morgan fingerprint density at radius 2 is 0.575 bits per heavy atom. The third kappa shape index (κ3) is 3.57. The molecule has 0 radical (unpaired) electrons. The summed E-state index contributed by atoms with van der Waals surface area (Å²) in [5, 5.41) is 0. The first-order valence-electron chi connectivity index (χ1n) is 14.0. The van der Waals surface area contributed by atoms with Crippen LogP contribution in [-0.4, -0.2) is 13.1 Å². The van der Waals surface area contributed by atoms with Gasteiger partial charge in [-0.2, -0.15) is 0 Å². The third-order valence-corrected chi connectivity index (χ3v) is 8.32. The van der Waals surface area contributed by atoms with Crippen molar-refractivity contribution < 1.29 is 0 Å². The summed E-state index contributed by atoms with van der Waals surface area (Å²) in [5.74, 6) is 0. The van der Waals surface area contributed by atoms with Gasteiger partial charge in [0.05, 0.1) is 11.4 Å². The second-order valence-corrected chi connectivity index (χ2v) is 10.5. The third-order valence-electron chi connectivity index (χ3n) is 8.32. The standard InChI is InChI=1S/C38H28N2/c1-3-13-27(14-4-1)39-23-24-40(28-15-5-2-6-16-28)38-26-36-34-22-12-10-20-32(34)30-18-8-7-17-29(30)31-19-9-11-21-33(31)35(36)25-37(38)39/h1-22,25-26H,23-24H2. The summed E-state index contributed by atoms with van der Waals surface area (Å²) in [6, 6.07) is 53.1. The van der Waals surface area contributed by atoms with Gasteiger partial charge < -0.3 is 9.80 Å². The average molecular weight is 513 g/mol. The number of benzene rings is 6. The van der Waals surface area contributed by atoms with Crippen LogP contribution in [0.15, 0.2) is 146 Å². The SMILES string of the molecule is c1ccc(N2CCN(c3ccccc3)c3cc4c(cc32)-c2ccccc2-c2ccccc2-c2ccccc2-4)cc1. The minimum Gasteiger partial charge on any atom is -0.338 e. The Labute approximate surface area is 235 Å². The van der Waals surface area contributed by atoms with Crippen molar-refractivity contribution in [3.63, 3.8) is 0 Å². The van der Waals surface area contributed by atoms with Crippen LogP contribution in [0, 0.1) is 0 Å². The molecule has 40 heavy (non-hydrogen) atoms. The van der Waals surface area contributed by atoms with Crippen LogP contribution >= 0.6 is 0 Å². The molecule has 1 aliphatic carbocycles. The number of hydrogen-bond donors (Lipinski definition) is 0. The number of hydrogen-bond acceptors (Lipinski definition) is 2. The minimum absolute atomic E-state index is 0.908. The van der Waals surface area contributed by atoms with Crippen LogP contribution in [0.2, 0.25) is 0 Å². The van der Waals surface area contributed by atoms with Crippen LogP contribution in [0.5, 0.6) is 0 Å². The number of anilines is 4. The molecule has 1 heterocycles. The van der Waals surface area contributed by atoms with Gasteiger partial charge in [0.1, 0.15) is 0 Å². The molecule has 0 aromatic heterocycles. The lowest BCUT2D eigenvalue weighted by Gasteiger charge is -2.40. The second kappa shape index (κ2) is 9.29. The molecule has 0 fully saturated rings. The molecule has 0 saturated heterocycles. The molecule has 0 spiro atoms. The average Bonchev–Trinajstić information content (AvgIpc) is 3.04. The van der Waals surface area contributed by atoms with Crippen LogP contribution in [-0.2, 0) is 0 Å². The first-order valence-corrected chi connectivity index (χ1v) is 14.0. The van der Waals surface area contributed by atoms with Gasteiger partial charge in [-0.15, -0.1) is 0 Å². The van der Waals surface area contributed by atoms with Crippen molar-refractivity contribution in [1.82, 2.24) is 0 Å². The van der Waals surface area contributed by atoms with Gasteiger partial charge in [0.15, 0.2) is 0 Å². The molecule has 2 heteroatoms. The van der Waals surface area contributed by atoms with E-state index in [0.717, 1.165) is 13.1 Å². The van der Waals surface area contributed by atoms with E-state index in [4.69, 9.17) is 0 Å². The molecule has 0 saturated carbocycles. The summed E-state index contributed by atoms with van der Waals surface area (Å²) >= 11 is 0. The highest BCUT2D eigenvalue weighted by molar-refractivity contribution is 6.05. The van der Waals surface area contributed by atoms with E-state index in [9.17, 15) is 0 Å². The fraction of sp³-hybridized carbons (Fsp3) is 0.0526. The van der Waals surface area contributed by atoms with Crippen LogP contribution in [0.4, 0.5) is 22.7 Å². The normalized spacial score (nSPS) is 13.2. The highest BCUT2D eigenvalue weighted by Gasteiger charge is 2.29. The molecule has 0 unspecified atom stereocenters. The van der Waals surface area contributed by atoms with Crippen molar-refractivity contribution in [3.05, 3.63) is 146 Å². The molecule has 1 aliphatic heterocycles. The topological polar surface area (TPSA) is 6.48 Å². The lowest BCUT2D eigenvalue weighted by Crippen LogP contribution is -2.36. The fourth-order valence-corrected chi connectivity index (χ4v) is 6.51. The van der Waals surface area contributed by atoms with E-state index in [0.29, 0.717) is 0 Å². The summed E-state index contributed by atoms with van der Waals surface area (Å²) in [6.45, 7) is 1.82. The summed E-state index contributed by atoms with van der Waals surface area (Å²) in [7, 11) is 0. The zero-order chi connectivity index (χ0) is 26.5. The molecule has 8 rings (SSSR count). The van der Waals surface area contributed by atoms with Crippen molar-refractivity contribution in [3.8, 4) is 44.5 Å². The lowest BCUT2D eigenvalue weighted by molar-refractivity contribution is 0.850. The summed E-state index contributed by atoms with van der Waals surface area (Å²) < 4.78 is 0. The molecule has 0 N–H and O–H groups in total. The smallest absolute Gasteiger partial charge is 0.0659 e. The fourth-order valence-electron chi connectivity index (χ4n) is 6.51. The van der Waals surface area contributed by atoms with Gasteiger partial charge in [0, 0.05) is 24.5 Å². The van der Waals surface area contributed by atoms with Gasteiger partial charge in [-0.3, -0.25) is 0 Å². The highest BCUT2D eigenvalue weighted by Crippen LogP contribution is 2.52. The molecule has 6 aromatic rings. The predicted octanol–water partition coefficient (Wildman–Crippen LogP) is 9.96. The number of para-hydroxylation sites is 2. The van der Waals surface area contributed by atoms with E-state index < -0.39 is 0 Å². The van der Waals surface area contributed by atoms with E-state index in [1.807, 2.05) is 0 Å². The Morgan fingerprint density at radius 3 is 0.900 bits per heavy atom. The van der Waals surface area contributed by atoms with Crippen molar-refractivity contribution >= 4 is 22.7 Å². The monoisotopic (exact) mass is 512 g/mol. The van der Waals surface area contributed by atoms with Gasteiger partial charge >= 0.3 is 0 Å². The lowest BCUT2D eigenvalue weighted by atomic mass is 9.80. The molecule has 2 nitrogen and oxygen atoms in total. The predicted molar refractivity (Wildman–Crippen MR) is 169 cm³/mol. The number of fused-ring (bicyclic) bond motifs is 9. The summed E-state index contributed by atoms with van der Waals surface area (Å²) in [4.78, 5) is 4.96. The van der Waals surface area contributed by atoms with E-state index in [2.05, 4.69) is 155 Å². The maximum atomic E-state index is 2.48. The van der Waals surface area contributed by atoms with E-state index >= 15 is 0 Å². The highest BCUT2D eigenvalue weighted by atomic mass is 15.3. The Bertz CT molecular complexity index is 1720. The first kappa shape index (κ1) is 22.9. The van der Waals surface area contributed by atoms with Gasteiger partial charge in [-0.05, 0) is 80.9 Å². The molecule has 2 aliphatic rings. The van der Waals surface area contributed by atoms with E-state index in [1.54, 1.807) is 0 Å². The Morgan fingerprint density at radius 1 is 0.300 bits per heavy atom. The summed E-state index contributed by atoms with van der Waals surface area (Å²) in [6.07, 6.45) is 0. The maximum absolute atomic E-state index is 2.48. The minimum atomic E-state index is 0.908. The zero-order valence-electron chi connectivity index (χ0n) is 22.2. The van der Waals surface area contributed by atoms with Crippen LogP contribution in [0.3, 0.4) is 0 Å². The molecule has 190 valence electrons. The molecule has 0 bridgehead atoms. The van der Waals surface area contributed by atoms with Crippen molar-refractivity contribution in [2.75, 3.05) is 22.9 Å². The zero-order valence-corrected chi connectivity index (χ0v) is 22.2. The molecular weight excluding hydrogens is 484 g/mol.